The normalized spacial score (nSPS) is 15.5. The second kappa shape index (κ2) is 12.1. The SMILES string of the molecule is [2H]c1c([2H])c([2H])c(N(c2ccc(-c3cccc4c3C(C)(C)c3ccccc3-4)cc2)c2ccc3c(c2)C(c2ccccc2)(c2ccccc2)c2ccccc2-3)c([2H])c1[2H]. The van der Waals surface area contributed by atoms with Gasteiger partial charge in [0.05, 0.1) is 12.3 Å². The fourth-order valence-electron chi connectivity index (χ4n) is 9.21. The van der Waals surface area contributed by atoms with Crippen molar-refractivity contribution in [2.75, 3.05) is 4.90 Å². The molecule has 0 saturated heterocycles. The van der Waals surface area contributed by atoms with E-state index in [1.54, 1.807) is 0 Å². The maximum atomic E-state index is 9.22. The highest BCUT2D eigenvalue weighted by Crippen LogP contribution is 2.57. The van der Waals surface area contributed by atoms with Gasteiger partial charge in [0.25, 0.3) is 0 Å². The molecule has 0 heterocycles. The van der Waals surface area contributed by atoms with Crippen LogP contribution >= 0.6 is 0 Å². The smallest absolute Gasteiger partial charge is 0.0714 e. The first-order chi connectivity index (χ1) is 28.1. The van der Waals surface area contributed by atoms with E-state index in [1.165, 1.54) is 27.8 Å². The van der Waals surface area contributed by atoms with Crippen molar-refractivity contribution in [3.8, 4) is 33.4 Å². The number of benzene rings is 8. The van der Waals surface area contributed by atoms with Crippen LogP contribution in [0.1, 0.15) is 54.1 Å². The van der Waals surface area contributed by atoms with Crippen LogP contribution < -0.4 is 4.90 Å². The Bertz CT molecular complexity index is 2850. The van der Waals surface area contributed by atoms with Gasteiger partial charge in [-0.1, -0.05) is 178 Å². The number of para-hydroxylation sites is 1. The molecular formula is C52H39N. The molecule has 0 N–H and O–H groups in total. The number of hydrogen-bond acceptors (Lipinski definition) is 1. The van der Waals surface area contributed by atoms with Crippen LogP contribution in [-0.2, 0) is 10.8 Å². The van der Waals surface area contributed by atoms with Gasteiger partial charge in [0, 0.05) is 22.5 Å². The molecule has 1 nitrogen and oxygen atoms in total. The Labute approximate surface area is 319 Å². The molecule has 1 heteroatoms. The van der Waals surface area contributed by atoms with E-state index in [0.717, 1.165) is 38.9 Å². The molecule has 0 bridgehead atoms. The predicted octanol–water partition coefficient (Wildman–Crippen LogP) is 13.5. The van der Waals surface area contributed by atoms with E-state index >= 15 is 0 Å². The van der Waals surface area contributed by atoms with Gasteiger partial charge in [-0.15, -0.1) is 0 Å². The van der Waals surface area contributed by atoms with Crippen molar-refractivity contribution in [1.82, 2.24) is 0 Å². The molecule has 2 aliphatic carbocycles. The summed E-state index contributed by atoms with van der Waals surface area (Å²) in [6, 6.07) is 57.6. The maximum absolute atomic E-state index is 9.22. The van der Waals surface area contributed by atoms with Gasteiger partial charge in [-0.25, -0.2) is 0 Å². The van der Waals surface area contributed by atoms with Crippen molar-refractivity contribution >= 4 is 17.1 Å². The monoisotopic (exact) mass is 682 g/mol. The average molecular weight is 683 g/mol. The molecule has 0 aromatic heterocycles. The van der Waals surface area contributed by atoms with Crippen LogP contribution in [0.15, 0.2) is 200 Å². The lowest BCUT2D eigenvalue weighted by atomic mass is 9.67. The molecule has 0 fully saturated rings. The fraction of sp³-hybridized carbons (Fsp3) is 0.0769. The van der Waals surface area contributed by atoms with E-state index < -0.39 is 11.5 Å². The first-order valence-electron chi connectivity index (χ1n) is 20.7. The van der Waals surface area contributed by atoms with E-state index in [2.05, 4.69) is 153 Å². The van der Waals surface area contributed by atoms with Crippen LogP contribution in [-0.4, -0.2) is 0 Å². The van der Waals surface area contributed by atoms with E-state index in [9.17, 15) is 2.74 Å². The first-order valence-corrected chi connectivity index (χ1v) is 18.2. The number of nitrogens with zero attached hydrogens (tertiary/aromatic N) is 1. The minimum absolute atomic E-state index is 0.0939. The highest BCUT2D eigenvalue weighted by Gasteiger charge is 2.46. The molecule has 252 valence electrons. The maximum Gasteiger partial charge on any atom is 0.0714 e. The number of hydrogen-bond donors (Lipinski definition) is 0. The predicted molar refractivity (Wildman–Crippen MR) is 221 cm³/mol. The lowest BCUT2D eigenvalue weighted by Gasteiger charge is -2.35. The summed E-state index contributed by atoms with van der Waals surface area (Å²) in [7, 11) is 0. The Morgan fingerprint density at radius 2 is 0.943 bits per heavy atom. The lowest BCUT2D eigenvalue weighted by molar-refractivity contribution is 0.662. The van der Waals surface area contributed by atoms with Crippen molar-refractivity contribution in [1.29, 1.82) is 0 Å². The summed E-state index contributed by atoms with van der Waals surface area (Å²) in [5, 5.41) is 0. The zero-order valence-corrected chi connectivity index (χ0v) is 29.6. The van der Waals surface area contributed by atoms with Crippen LogP contribution in [0.25, 0.3) is 33.4 Å². The number of rotatable bonds is 6. The highest BCUT2D eigenvalue weighted by atomic mass is 15.1. The molecule has 0 aliphatic heterocycles. The van der Waals surface area contributed by atoms with Gasteiger partial charge in [0.1, 0.15) is 0 Å². The summed E-state index contributed by atoms with van der Waals surface area (Å²) in [4.78, 5) is 1.84. The average Bonchev–Trinajstić information content (AvgIpc) is 3.70. The summed E-state index contributed by atoms with van der Waals surface area (Å²) >= 11 is 0. The summed E-state index contributed by atoms with van der Waals surface area (Å²) in [6.07, 6.45) is 0. The molecule has 0 unspecified atom stereocenters. The minimum Gasteiger partial charge on any atom is -0.310 e. The van der Waals surface area contributed by atoms with Gasteiger partial charge in [0.2, 0.25) is 0 Å². The Kier molecular flexibility index (Phi) is 6.00. The number of anilines is 3. The van der Waals surface area contributed by atoms with Crippen LogP contribution in [0.2, 0.25) is 0 Å². The number of fused-ring (bicyclic) bond motifs is 6. The topological polar surface area (TPSA) is 3.24 Å². The molecule has 2 aliphatic rings. The Balaban J connectivity index is 1.20. The van der Waals surface area contributed by atoms with Crippen molar-refractivity contribution in [3.05, 3.63) is 233 Å². The molecule has 0 spiro atoms. The Morgan fingerprint density at radius 3 is 1.62 bits per heavy atom. The molecule has 10 rings (SSSR count). The second-order valence-electron chi connectivity index (χ2n) is 14.5. The van der Waals surface area contributed by atoms with Crippen LogP contribution in [0, 0.1) is 0 Å². The summed E-state index contributed by atoms with van der Waals surface area (Å²) in [5.74, 6) is 0. The molecular weight excluding hydrogens is 639 g/mol. The second-order valence-corrected chi connectivity index (χ2v) is 14.5. The van der Waals surface area contributed by atoms with Gasteiger partial charge in [-0.3, -0.25) is 0 Å². The summed E-state index contributed by atoms with van der Waals surface area (Å²) in [5.41, 5.74) is 14.5. The van der Waals surface area contributed by atoms with Gasteiger partial charge < -0.3 is 4.90 Å². The summed E-state index contributed by atoms with van der Waals surface area (Å²) in [6.45, 7) is 4.57. The fourth-order valence-corrected chi connectivity index (χ4v) is 9.21. The van der Waals surface area contributed by atoms with Crippen LogP contribution in [0.4, 0.5) is 17.1 Å². The zero-order valence-electron chi connectivity index (χ0n) is 34.6. The van der Waals surface area contributed by atoms with Crippen molar-refractivity contribution in [2.45, 2.75) is 24.7 Å². The standard InChI is InChI=1S/C52H39N/c1-51(2)47-27-14-12-24-44(47)46-26-16-25-42(50(46)51)36-29-31-40(32-30-36)53(39-21-10-5-11-22-39)41-33-34-45-43-23-13-15-28-48(43)52(49(45)35-41,37-17-6-3-7-18-37)38-19-8-4-9-20-38/h3-35H,1-2H3/i5D,10D,11D,21D,22D. The van der Waals surface area contributed by atoms with E-state index in [4.69, 9.17) is 4.11 Å². The molecule has 0 radical (unpaired) electrons. The molecule has 8 aromatic carbocycles. The minimum atomic E-state index is -0.683. The van der Waals surface area contributed by atoms with Crippen molar-refractivity contribution in [2.24, 2.45) is 0 Å². The quantitative estimate of drug-likeness (QED) is 0.169. The van der Waals surface area contributed by atoms with Gasteiger partial charge in [-0.2, -0.15) is 0 Å². The first kappa shape index (κ1) is 26.4. The molecule has 0 amide bonds. The Morgan fingerprint density at radius 1 is 0.415 bits per heavy atom. The molecule has 0 saturated carbocycles. The van der Waals surface area contributed by atoms with Gasteiger partial charge in [-0.05, 0) is 103 Å². The highest BCUT2D eigenvalue weighted by molar-refractivity contribution is 5.91. The zero-order chi connectivity index (χ0) is 39.9. The largest absolute Gasteiger partial charge is 0.310 e. The van der Waals surface area contributed by atoms with Crippen LogP contribution in [0.3, 0.4) is 0 Å². The van der Waals surface area contributed by atoms with Crippen molar-refractivity contribution < 1.29 is 6.85 Å². The van der Waals surface area contributed by atoms with Gasteiger partial charge in [0.15, 0.2) is 0 Å². The Hall–Kier alpha value is -6.44. The molecule has 53 heavy (non-hydrogen) atoms. The third-order valence-electron chi connectivity index (χ3n) is 11.4. The van der Waals surface area contributed by atoms with Gasteiger partial charge >= 0.3 is 0 Å². The third kappa shape index (κ3) is 4.64. The van der Waals surface area contributed by atoms with E-state index in [1.807, 2.05) is 35.2 Å². The van der Waals surface area contributed by atoms with E-state index in [-0.39, 0.29) is 35.3 Å². The molecule has 0 atom stereocenters. The van der Waals surface area contributed by atoms with E-state index in [0.29, 0.717) is 11.4 Å². The van der Waals surface area contributed by atoms with Crippen LogP contribution in [0.5, 0.6) is 0 Å². The third-order valence-corrected chi connectivity index (χ3v) is 11.4. The molecule has 8 aromatic rings. The van der Waals surface area contributed by atoms with Crippen molar-refractivity contribution in [3.63, 3.8) is 0 Å². The summed E-state index contributed by atoms with van der Waals surface area (Å²) < 4.78 is 44.4. The lowest BCUT2D eigenvalue weighted by Crippen LogP contribution is -2.28.